The molecule has 4 nitrogen and oxygen atoms in total. The van der Waals surface area contributed by atoms with Crippen molar-refractivity contribution in [1.82, 2.24) is 10.2 Å². The second kappa shape index (κ2) is 10.4. The van der Waals surface area contributed by atoms with E-state index in [4.69, 9.17) is 0 Å². The monoisotopic (exact) mass is 332 g/mol. The Balaban J connectivity index is 2.84. The molecule has 0 aliphatic heterocycles. The molecular weight excluding hydrogens is 307 g/mol. The van der Waals surface area contributed by atoms with Gasteiger partial charge in [-0.25, -0.2) is 4.39 Å². The summed E-state index contributed by atoms with van der Waals surface area (Å²) >= 11 is 0. The van der Waals surface area contributed by atoms with Gasteiger partial charge in [0.05, 0.1) is 6.04 Å². The molecule has 0 aromatic heterocycles. The average molecular weight is 332 g/mol. The van der Waals surface area contributed by atoms with Crippen LogP contribution < -0.4 is 5.32 Å². The number of rotatable bonds is 10. The minimum atomic E-state index is -0.351. The third-order valence-electron chi connectivity index (χ3n) is 3.75. The van der Waals surface area contributed by atoms with Crippen LogP contribution in [0.5, 0.6) is 0 Å². The van der Waals surface area contributed by atoms with E-state index >= 15 is 0 Å². The highest BCUT2D eigenvalue weighted by molar-refractivity contribution is 5.77. The first-order chi connectivity index (χ1) is 11.5. The Labute approximate surface area is 143 Å². The van der Waals surface area contributed by atoms with E-state index in [1.807, 2.05) is 0 Å². The molecular formula is C19H25FN2O2. The summed E-state index contributed by atoms with van der Waals surface area (Å²) in [6.07, 6.45) is 5.26. The molecule has 0 spiro atoms. The number of nitrogens with zero attached hydrogens (tertiary/aromatic N) is 1. The third kappa shape index (κ3) is 6.36. The zero-order chi connectivity index (χ0) is 17.9. The predicted octanol–water partition coefficient (Wildman–Crippen LogP) is 3.37. The first-order valence-corrected chi connectivity index (χ1v) is 7.99. The van der Waals surface area contributed by atoms with E-state index in [0.29, 0.717) is 25.7 Å². The predicted molar refractivity (Wildman–Crippen MR) is 93.8 cm³/mol. The van der Waals surface area contributed by atoms with Crippen molar-refractivity contribution in [2.24, 2.45) is 0 Å². The van der Waals surface area contributed by atoms with Crippen molar-refractivity contribution in [3.63, 3.8) is 0 Å². The molecule has 0 saturated carbocycles. The highest BCUT2D eigenvalue weighted by atomic mass is 19.1. The molecule has 1 rings (SSSR count). The van der Waals surface area contributed by atoms with E-state index < -0.39 is 0 Å². The number of carbonyl (C=O) groups is 2. The van der Waals surface area contributed by atoms with Crippen LogP contribution >= 0.6 is 0 Å². The SMILES string of the molecule is C=CCCC(=O)NC[C@@H](c1ccc(F)cc1)N(C)C(=O)CCC=C. The van der Waals surface area contributed by atoms with Crippen LogP contribution in [0.4, 0.5) is 4.39 Å². The maximum absolute atomic E-state index is 13.2. The molecule has 5 heteroatoms. The maximum Gasteiger partial charge on any atom is 0.223 e. The molecule has 0 unspecified atom stereocenters. The van der Waals surface area contributed by atoms with Gasteiger partial charge in [-0.2, -0.15) is 0 Å². The van der Waals surface area contributed by atoms with E-state index in [-0.39, 0.29) is 30.2 Å². The lowest BCUT2D eigenvalue weighted by molar-refractivity contribution is -0.132. The van der Waals surface area contributed by atoms with Gasteiger partial charge >= 0.3 is 0 Å². The van der Waals surface area contributed by atoms with Crippen LogP contribution in [-0.4, -0.2) is 30.3 Å². The second-order valence-corrected chi connectivity index (χ2v) is 5.53. The fourth-order valence-electron chi connectivity index (χ4n) is 2.27. The van der Waals surface area contributed by atoms with Gasteiger partial charge in [0.2, 0.25) is 11.8 Å². The third-order valence-corrected chi connectivity index (χ3v) is 3.75. The van der Waals surface area contributed by atoms with Crippen LogP contribution in [0, 0.1) is 5.82 Å². The van der Waals surface area contributed by atoms with Gasteiger partial charge < -0.3 is 10.2 Å². The van der Waals surface area contributed by atoms with Gasteiger partial charge in [-0.05, 0) is 30.5 Å². The lowest BCUT2D eigenvalue weighted by Crippen LogP contribution is -2.39. The molecule has 0 heterocycles. The van der Waals surface area contributed by atoms with E-state index in [0.717, 1.165) is 5.56 Å². The minimum Gasteiger partial charge on any atom is -0.354 e. The van der Waals surface area contributed by atoms with Gasteiger partial charge in [0, 0.05) is 26.4 Å². The van der Waals surface area contributed by atoms with Crippen LogP contribution in [0.25, 0.3) is 0 Å². The molecule has 0 radical (unpaired) electrons. The van der Waals surface area contributed by atoms with Crippen molar-refractivity contribution >= 4 is 11.8 Å². The molecule has 0 bridgehead atoms. The fraction of sp³-hybridized carbons (Fsp3) is 0.368. The summed E-state index contributed by atoms with van der Waals surface area (Å²) in [5.74, 6) is -0.494. The van der Waals surface area contributed by atoms with E-state index in [9.17, 15) is 14.0 Å². The normalized spacial score (nSPS) is 11.4. The largest absolute Gasteiger partial charge is 0.354 e. The number of halogens is 1. The fourth-order valence-corrected chi connectivity index (χ4v) is 2.27. The number of carbonyl (C=O) groups excluding carboxylic acids is 2. The Morgan fingerprint density at radius 3 is 2.33 bits per heavy atom. The van der Waals surface area contributed by atoms with Crippen LogP contribution in [-0.2, 0) is 9.59 Å². The van der Waals surface area contributed by atoms with Crippen LogP contribution in [0.1, 0.15) is 37.3 Å². The summed E-state index contributed by atoms with van der Waals surface area (Å²) in [7, 11) is 1.69. The summed E-state index contributed by atoms with van der Waals surface area (Å²) in [5, 5.41) is 2.83. The van der Waals surface area contributed by atoms with E-state index in [2.05, 4.69) is 18.5 Å². The minimum absolute atomic E-state index is 0.0513. The van der Waals surface area contributed by atoms with Crippen molar-refractivity contribution in [3.05, 3.63) is 61.0 Å². The summed E-state index contributed by atoms with van der Waals surface area (Å²) in [5.41, 5.74) is 0.773. The summed E-state index contributed by atoms with van der Waals surface area (Å²) in [6.45, 7) is 7.48. The summed E-state index contributed by atoms with van der Waals surface area (Å²) in [6, 6.07) is 5.62. The van der Waals surface area contributed by atoms with Crippen LogP contribution in [0.3, 0.4) is 0 Å². The summed E-state index contributed by atoms with van der Waals surface area (Å²) in [4.78, 5) is 25.7. The topological polar surface area (TPSA) is 49.4 Å². The molecule has 130 valence electrons. The zero-order valence-corrected chi connectivity index (χ0v) is 14.1. The molecule has 0 fully saturated rings. The number of amides is 2. The molecule has 24 heavy (non-hydrogen) atoms. The highest BCUT2D eigenvalue weighted by Crippen LogP contribution is 2.20. The van der Waals surface area contributed by atoms with Crippen molar-refractivity contribution in [3.8, 4) is 0 Å². The zero-order valence-electron chi connectivity index (χ0n) is 14.1. The Morgan fingerprint density at radius 2 is 1.75 bits per heavy atom. The number of hydrogen-bond acceptors (Lipinski definition) is 2. The molecule has 1 aromatic carbocycles. The second-order valence-electron chi connectivity index (χ2n) is 5.53. The maximum atomic E-state index is 13.2. The molecule has 1 atom stereocenters. The molecule has 0 aliphatic carbocycles. The quantitative estimate of drug-likeness (QED) is 0.668. The number of hydrogen-bond donors (Lipinski definition) is 1. The van der Waals surface area contributed by atoms with E-state index in [1.54, 1.807) is 36.2 Å². The number of likely N-dealkylation sites (N-methyl/N-ethyl adjacent to an activating group) is 1. The lowest BCUT2D eigenvalue weighted by Gasteiger charge is -2.29. The smallest absolute Gasteiger partial charge is 0.223 e. The first kappa shape index (κ1) is 19.6. The average Bonchev–Trinajstić information content (AvgIpc) is 2.59. The van der Waals surface area contributed by atoms with Gasteiger partial charge in [-0.1, -0.05) is 24.3 Å². The Bertz CT molecular complexity index is 569. The van der Waals surface area contributed by atoms with Gasteiger partial charge in [0.1, 0.15) is 5.82 Å². The van der Waals surface area contributed by atoms with Crippen molar-refractivity contribution in [2.45, 2.75) is 31.7 Å². The molecule has 2 amide bonds. The number of nitrogens with one attached hydrogen (secondary N) is 1. The van der Waals surface area contributed by atoms with Crippen molar-refractivity contribution in [1.29, 1.82) is 0 Å². The van der Waals surface area contributed by atoms with Gasteiger partial charge in [-0.15, -0.1) is 13.2 Å². The van der Waals surface area contributed by atoms with E-state index in [1.165, 1.54) is 12.1 Å². The van der Waals surface area contributed by atoms with Gasteiger partial charge in [-0.3, -0.25) is 9.59 Å². The number of allylic oxidation sites excluding steroid dienone is 2. The van der Waals surface area contributed by atoms with Crippen molar-refractivity contribution in [2.75, 3.05) is 13.6 Å². The highest BCUT2D eigenvalue weighted by Gasteiger charge is 2.22. The van der Waals surface area contributed by atoms with Gasteiger partial charge in [0.25, 0.3) is 0 Å². The Morgan fingerprint density at radius 1 is 1.17 bits per heavy atom. The first-order valence-electron chi connectivity index (χ1n) is 7.99. The standard InChI is InChI=1S/C19H25FN2O2/c1-4-6-8-18(23)21-14-17(15-10-12-16(20)13-11-15)22(3)19(24)9-7-5-2/h4-5,10-13,17H,1-2,6-9,14H2,3H3,(H,21,23)/t17-/m0/s1. The summed E-state index contributed by atoms with van der Waals surface area (Å²) < 4.78 is 13.2. The van der Waals surface area contributed by atoms with Gasteiger partial charge in [0.15, 0.2) is 0 Å². The Hall–Kier alpha value is -2.43. The van der Waals surface area contributed by atoms with Crippen LogP contribution in [0.15, 0.2) is 49.6 Å². The van der Waals surface area contributed by atoms with Crippen LogP contribution in [0.2, 0.25) is 0 Å². The number of benzene rings is 1. The molecule has 0 saturated heterocycles. The Kier molecular flexibility index (Phi) is 8.47. The van der Waals surface area contributed by atoms with Crippen molar-refractivity contribution < 1.29 is 14.0 Å². The molecule has 0 aliphatic rings. The molecule has 1 N–H and O–H groups in total. The lowest BCUT2D eigenvalue weighted by atomic mass is 10.0. The molecule has 1 aromatic rings.